The number of hydrogen-bond donors (Lipinski definition) is 2. The Hall–Kier alpha value is -3.41. The van der Waals surface area contributed by atoms with Crippen molar-refractivity contribution in [3.8, 4) is 0 Å². The smallest absolute Gasteiger partial charge is 0.307 e. The molecule has 0 aliphatic rings. The van der Waals surface area contributed by atoms with E-state index in [1.54, 1.807) is 0 Å². The van der Waals surface area contributed by atoms with Gasteiger partial charge in [0.25, 0.3) is 5.91 Å². The summed E-state index contributed by atoms with van der Waals surface area (Å²) in [5.41, 5.74) is 6.12. The van der Waals surface area contributed by atoms with Crippen molar-refractivity contribution in [2.75, 3.05) is 5.32 Å². The molecule has 3 aromatic rings. The Morgan fingerprint density at radius 1 is 0.968 bits per heavy atom. The average molecular weight is 420 g/mol. The van der Waals surface area contributed by atoms with Crippen LogP contribution in [0.4, 0.5) is 5.69 Å². The average Bonchev–Trinajstić information content (AvgIpc) is 3.10. The molecule has 6 heteroatoms. The van der Waals surface area contributed by atoms with Gasteiger partial charge in [0, 0.05) is 22.5 Å². The maximum atomic E-state index is 12.6. The molecule has 0 unspecified atom stereocenters. The molecule has 31 heavy (non-hydrogen) atoms. The second-order valence-corrected chi connectivity index (χ2v) is 7.47. The van der Waals surface area contributed by atoms with Gasteiger partial charge in [-0.25, -0.2) is 0 Å². The number of carbonyl (C=O) groups is 2. The zero-order chi connectivity index (χ0) is 22.4. The van der Waals surface area contributed by atoms with Crippen LogP contribution in [0.5, 0.6) is 0 Å². The molecule has 0 atom stereocenters. The first-order valence-corrected chi connectivity index (χ1v) is 10.7. The highest BCUT2D eigenvalue weighted by Crippen LogP contribution is 2.20. The number of aromatic nitrogens is 2. The van der Waals surface area contributed by atoms with Crippen molar-refractivity contribution in [2.24, 2.45) is 0 Å². The fraction of sp³-hybridized carbons (Fsp3) is 0.320. The molecule has 0 fully saturated rings. The molecule has 2 aromatic carbocycles. The van der Waals surface area contributed by atoms with Crippen molar-refractivity contribution in [1.29, 1.82) is 0 Å². The van der Waals surface area contributed by atoms with E-state index in [1.807, 2.05) is 74.0 Å². The van der Waals surface area contributed by atoms with Crippen LogP contribution < -0.4 is 5.32 Å². The van der Waals surface area contributed by atoms with E-state index < -0.39 is 5.97 Å². The summed E-state index contributed by atoms with van der Waals surface area (Å²) in [5.74, 6) is -0.954. The standard InChI is InChI=1S/C25H29N3O3/c1-4-18-9-7-8-10-20(18)25(31)26-19-13-11-17(12-14-19)16-28-23(6-3)21(15-24(29)30)22(5-2)27-28/h7-14H,4-6,15-16H2,1-3H3,(H,26,31)(H,29,30). The van der Waals surface area contributed by atoms with Crippen LogP contribution in [0.3, 0.4) is 0 Å². The number of carbonyl (C=O) groups excluding carboxylic acids is 1. The summed E-state index contributed by atoms with van der Waals surface area (Å²) in [6, 6.07) is 15.3. The van der Waals surface area contributed by atoms with Gasteiger partial charge in [0.2, 0.25) is 0 Å². The van der Waals surface area contributed by atoms with Gasteiger partial charge in [-0.1, -0.05) is 51.1 Å². The van der Waals surface area contributed by atoms with E-state index in [4.69, 9.17) is 0 Å². The second-order valence-electron chi connectivity index (χ2n) is 7.47. The zero-order valence-corrected chi connectivity index (χ0v) is 18.3. The lowest BCUT2D eigenvalue weighted by atomic mass is 10.0. The minimum Gasteiger partial charge on any atom is -0.481 e. The van der Waals surface area contributed by atoms with Crippen LogP contribution in [0.1, 0.15) is 59.2 Å². The van der Waals surface area contributed by atoms with Gasteiger partial charge in [0.05, 0.1) is 18.7 Å². The number of aryl methyl sites for hydroxylation is 2. The van der Waals surface area contributed by atoms with Crippen LogP contribution in [-0.4, -0.2) is 26.8 Å². The number of nitrogens with zero attached hydrogens (tertiary/aromatic N) is 2. The lowest BCUT2D eigenvalue weighted by molar-refractivity contribution is -0.136. The molecule has 0 radical (unpaired) electrons. The monoisotopic (exact) mass is 419 g/mol. The van der Waals surface area contributed by atoms with Crippen LogP contribution in [0.2, 0.25) is 0 Å². The predicted molar refractivity (Wildman–Crippen MR) is 122 cm³/mol. The number of aliphatic carboxylic acids is 1. The molecular formula is C25H29N3O3. The van der Waals surface area contributed by atoms with Gasteiger partial charge in [0.1, 0.15) is 0 Å². The highest BCUT2D eigenvalue weighted by Gasteiger charge is 2.18. The molecule has 0 bridgehead atoms. The van der Waals surface area contributed by atoms with Crippen molar-refractivity contribution in [3.05, 3.63) is 82.2 Å². The van der Waals surface area contributed by atoms with E-state index in [9.17, 15) is 14.7 Å². The first kappa shape index (κ1) is 22.3. The number of nitrogens with one attached hydrogen (secondary N) is 1. The highest BCUT2D eigenvalue weighted by atomic mass is 16.4. The molecule has 0 saturated heterocycles. The fourth-order valence-corrected chi connectivity index (χ4v) is 3.87. The van der Waals surface area contributed by atoms with Crippen molar-refractivity contribution in [3.63, 3.8) is 0 Å². The summed E-state index contributed by atoms with van der Waals surface area (Å²) in [7, 11) is 0. The highest BCUT2D eigenvalue weighted by molar-refractivity contribution is 6.05. The molecule has 162 valence electrons. The molecule has 1 heterocycles. The van der Waals surface area contributed by atoms with Gasteiger partial charge in [0.15, 0.2) is 0 Å². The van der Waals surface area contributed by atoms with E-state index in [1.165, 1.54) is 0 Å². The number of amides is 1. The minimum absolute atomic E-state index is 0.00342. The van der Waals surface area contributed by atoms with E-state index in [-0.39, 0.29) is 12.3 Å². The Labute approximate surface area is 182 Å². The number of carboxylic acid groups (broad SMARTS) is 1. The van der Waals surface area contributed by atoms with Gasteiger partial charge in [-0.05, 0) is 48.6 Å². The normalized spacial score (nSPS) is 10.8. The summed E-state index contributed by atoms with van der Waals surface area (Å²) in [6.45, 7) is 6.60. The molecule has 1 amide bonds. The zero-order valence-electron chi connectivity index (χ0n) is 18.3. The van der Waals surface area contributed by atoms with Crippen molar-refractivity contribution in [1.82, 2.24) is 9.78 Å². The van der Waals surface area contributed by atoms with Crippen molar-refractivity contribution in [2.45, 2.75) is 53.0 Å². The minimum atomic E-state index is -0.839. The molecule has 0 aliphatic heterocycles. The maximum absolute atomic E-state index is 12.6. The lowest BCUT2D eigenvalue weighted by Gasteiger charge is -2.11. The molecular weight excluding hydrogens is 390 g/mol. The Balaban J connectivity index is 1.76. The van der Waals surface area contributed by atoms with Gasteiger partial charge in [-0.3, -0.25) is 14.3 Å². The summed E-state index contributed by atoms with van der Waals surface area (Å²) in [6.07, 6.45) is 2.22. The first-order chi connectivity index (χ1) is 15.0. The van der Waals surface area contributed by atoms with E-state index >= 15 is 0 Å². The molecule has 1 aromatic heterocycles. The maximum Gasteiger partial charge on any atom is 0.307 e. The lowest BCUT2D eigenvalue weighted by Crippen LogP contribution is -2.14. The molecule has 6 nitrogen and oxygen atoms in total. The third-order valence-electron chi connectivity index (χ3n) is 5.43. The van der Waals surface area contributed by atoms with Gasteiger partial charge >= 0.3 is 5.97 Å². The SMILES string of the molecule is CCc1ccccc1C(=O)Nc1ccc(Cn2nc(CC)c(CC(=O)O)c2CC)cc1. The van der Waals surface area contributed by atoms with Gasteiger partial charge < -0.3 is 10.4 Å². The molecule has 0 spiro atoms. The number of hydrogen-bond acceptors (Lipinski definition) is 3. The number of benzene rings is 2. The Morgan fingerprint density at radius 3 is 2.29 bits per heavy atom. The van der Waals surface area contributed by atoms with Crippen LogP contribution in [-0.2, 0) is 37.0 Å². The van der Waals surface area contributed by atoms with Crippen LogP contribution in [0.25, 0.3) is 0 Å². The second kappa shape index (κ2) is 10.1. The van der Waals surface area contributed by atoms with Crippen LogP contribution in [0.15, 0.2) is 48.5 Å². The first-order valence-electron chi connectivity index (χ1n) is 10.7. The van der Waals surface area contributed by atoms with Crippen LogP contribution in [0, 0.1) is 0 Å². The van der Waals surface area contributed by atoms with Gasteiger partial charge in [-0.2, -0.15) is 5.10 Å². The Morgan fingerprint density at radius 2 is 1.68 bits per heavy atom. The number of anilines is 1. The van der Waals surface area contributed by atoms with Crippen LogP contribution >= 0.6 is 0 Å². The third-order valence-corrected chi connectivity index (χ3v) is 5.43. The van der Waals surface area contributed by atoms with Crippen molar-refractivity contribution >= 4 is 17.6 Å². The summed E-state index contributed by atoms with van der Waals surface area (Å²) in [5, 5.41) is 16.9. The fourth-order valence-electron chi connectivity index (χ4n) is 3.87. The summed E-state index contributed by atoms with van der Waals surface area (Å²) < 4.78 is 1.90. The predicted octanol–water partition coefficient (Wildman–Crippen LogP) is 4.50. The quantitative estimate of drug-likeness (QED) is 0.535. The largest absolute Gasteiger partial charge is 0.481 e. The Kier molecular flexibility index (Phi) is 7.23. The number of carboxylic acids is 1. The molecule has 3 rings (SSSR count). The van der Waals surface area contributed by atoms with E-state index in [0.717, 1.165) is 46.6 Å². The topological polar surface area (TPSA) is 84.2 Å². The molecule has 0 aliphatic carbocycles. The summed E-state index contributed by atoms with van der Waals surface area (Å²) in [4.78, 5) is 23.9. The van der Waals surface area contributed by atoms with Gasteiger partial charge in [-0.15, -0.1) is 0 Å². The third kappa shape index (κ3) is 5.20. The Bertz CT molecular complexity index is 1070. The van der Waals surface area contributed by atoms with E-state index in [2.05, 4.69) is 10.4 Å². The summed E-state index contributed by atoms with van der Waals surface area (Å²) >= 11 is 0. The molecule has 0 saturated carbocycles. The number of rotatable bonds is 9. The van der Waals surface area contributed by atoms with E-state index in [0.29, 0.717) is 18.5 Å². The molecule has 2 N–H and O–H groups in total. The van der Waals surface area contributed by atoms with Crippen molar-refractivity contribution < 1.29 is 14.7 Å².